The minimum Gasteiger partial charge on any atom is -0.472 e. The highest BCUT2D eigenvalue weighted by molar-refractivity contribution is 5.78. The second-order valence-corrected chi connectivity index (χ2v) is 3.95. The van der Waals surface area contributed by atoms with Crippen LogP contribution in [0.15, 0.2) is 36.4 Å². The van der Waals surface area contributed by atoms with E-state index in [0.717, 1.165) is 23.9 Å². The number of nitrogens with zero attached hydrogens (tertiary/aromatic N) is 1. The largest absolute Gasteiger partial charge is 0.472 e. The van der Waals surface area contributed by atoms with Gasteiger partial charge in [0.15, 0.2) is 0 Å². The van der Waals surface area contributed by atoms with E-state index in [1.807, 2.05) is 36.4 Å². The fourth-order valence-electron chi connectivity index (χ4n) is 1.89. The lowest BCUT2D eigenvalue weighted by molar-refractivity contribution is 0.138. The lowest BCUT2D eigenvalue weighted by Gasteiger charge is -2.10. The Kier molecular flexibility index (Phi) is 2.46. The Morgan fingerprint density at radius 2 is 2.12 bits per heavy atom. The second kappa shape index (κ2) is 4.10. The van der Waals surface area contributed by atoms with Gasteiger partial charge in [-0.1, -0.05) is 18.2 Å². The molecule has 3 nitrogen and oxygen atoms in total. The number of ether oxygens (including phenoxy) is 2. The van der Waals surface area contributed by atoms with Crippen LogP contribution in [-0.2, 0) is 4.74 Å². The first kappa shape index (κ1) is 9.60. The molecule has 0 radical (unpaired) electrons. The molecule has 1 unspecified atom stereocenters. The van der Waals surface area contributed by atoms with E-state index in [0.29, 0.717) is 12.5 Å². The Balaban J connectivity index is 1.86. The smallest absolute Gasteiger partial charge is 0.214 e. The Morgan fingerprint density at radius 1 is 1.19 bits per heavy atom. The maximum Gasteiger partial charge on any atom is 0.214 e. The predicted octanol–water partition coefficient (Wildman–Crippen LogP) is 2.40. The molecule has 1 aromatic heterocycles. The summed E-state index contributed by atoms with van der Waals surface area (Å²) >= 11 is 0. The summed E-state index contributed by atoms with van der Waals surface area (Å²) in [6, 6.07) is 12.0. The minimum atomic E-state index is 0.161. The highest BCUT2D eigenvalue weighted by Gasteiger charge is 2.17. The second-order valence-electron chi connectivity index (χ2n) is 3.95. The molecule has 0 N–H and O–H groups in total. The number of hydrogen-bond donors (Lipinski definition) is 0. The summed E-state index contributed by atoms with van der Waals surface area (Å²) in [7, 11) is 0. The van der Waals surface area contributed by atoms with Gasteiger partial charge in [0.05, 0.1) is 18.7 Å². The zero-order chi connectivity index (χ0) is 10.8. The molecule has 0 amide bonds. The van der Waals surface area contributed by atoms with Crippen LogP contribution in [0.5, 0.6) is 5.88 Å². The summed E-state index contributed by atoms with van der Waals surface area (Å²) in [4.78, 5) is 4.46. The fourth-order valence-corrected chi connectivity index (χ4v) is 1.89. The van der Waals surface area contributed by atoms with Gasteiger partial charge < -0.3 is 9.47 Å². The molecular weight excluding hydrogens is 202 g/mol. The van der Waals surface area contributed by atoms with Gasteiger partial charge in [0.25, 0.3) is 0 Å². The van der Waals surface area contributed by atoms with E-state index in [1.54, 1.807) is 0 Å². The van der Waals surface area contributed by atoms with Crippen molar-refractivity contribution in [2.75, 3.05) is 13.2 Å². The van der Waals surface area contributed by atoms with Gasteiger partial charge in [-0.25, -0.2) is 4.98 Å². The Morgan fingerprint density at radius 3 is 3.00 bits per heavy atom. The molecule has 1 aliphatic heterocycles. The number of benzene rings is 1. The molecule has 3 rings (SSSR count). The molecule has 16 heavy (non-hydrogen) atoms. The van der Waals surface area contributed by atoms with Crippen molar-refractivity contribution in [2.24, 2.45) is 0 Å². The molecule has 1 aliphatic rings. The van der Waals surface area contributed by atoms with E-state index in [2.05, 4.69) is 4.98 Å². The van der Waals surface area contributed by atoms with Crippen molar-refractivity contribution in [3.05, 3.63) is 36.4 Å². The average molecular weight is 215 g/mol. The van der Waals surface area contributed by atoms with E-state index < -0.39 is 0 Å². The van der Waals surface area contributed by atoms with Crippen molar-refractivity contribution in [3.63, 3.8) is 0 Å². The van der Waals surface area contributed by atoms with Crippen LogP contribution in [0.2, 0.25) is 0 Å². The first-order valence-electron chi connectivity index (χ1n) is 5.52. The highest BCUT2D eigenvalue weighted by Crippen LogP contribution is 2.19. The number of pyridine rings is 1. The Labute approximate surface area is 94.0 Å². The van der Waals surface area contributed by atoms with Crippen LogP contribution < -0.4 is 4.74 Å². The fraction of sp³-hybridized carbons (Fsp3) is 0.308. The molecular formula is C13H13NO2. The van der Waals surface area contributed by atoms with Gasteiger partial charge in [-0.15, -0.1) is 0 Å². The number of para-hydroxylation sites is 1. The molecule has 3 heteroatoms. The normalized spacial score (nSPS) is 20.1. The monoisotopic (exact) mass is 215 g/mol. The van der Waals surface area contributed by atoms with E-state index in [1.165, 1.54) is 0 Å². The van der Waals surface area contributed by atoms with Crippen LogP contribution in [0.1, 0.15) is 6.42 Å². The van der Waals surface area contributed by atoms with Crippen molar-refractivity contribution in [1.82, 2.24) is 4.98 Å². The van der Waals surface area contributed by atoms with Crippen LogP contribution in [-0.4, -0.2) is 24.3 Å². The summed E-state index contributed by atoms with van der Waals surface area (Å²) in [5.74, 6) is 0.689. The van der Waals surface area contributed by atoms with E-state index in [9.17, 15) is 0 Å². The van der Waals surface area contributed by atoms with Crippen LogP contribution in [0.3, 0.4) is 0 Å². The van der Waals surface area contributed by atoms with Crippen LogP contribution in [0.4, 0.5) is 0 Å². The average Bonchev–Trinajstić information content (AvgIpc) is 2.82. The third-order valence-electron chi connectivity index (χ3n) is 2.75. The maximum absolute atomic E-state index is 5.75. The Bertz CT molecular complexity index is 492. The summed E-state index contributed by atoms with van der Waals surface area (Å²) < 4.78 is 11.0. The van der Waals surface area contributed by atoms with Crippen LogP contribution >= 0.6 is 0 Å². The number of fused-ring (bicyclic) bond motifs is 1. The van der Waals surface area contributed by atoms with E-state index in [-0.39, 0.29) is 6.10 Å². The van der Waals surface area contributed by atoms with Crippen molar-refractivity contribution in [2.45, 2.75) is 12.5 Å². The molecule has 2 aromatic rings. The molecule has 1 aromatic carbocycles. The molecule has 0 aliphatic carbocycles. The highest BCUT2D eigenvalue weighted by atomic mass is 16.5. The maximum atomic E-state index is 5.75. The van der Waals surface area contributed by atoms with Gasteiger partial charge in [-0.05, 0) is 12.1 Å². The van der Waals surface area contributed by atoms with Crippen LogP contribution in [0, 0.1) is 0 Å². The van der Waals surface area contributed by atoms with Gasteiger partial charge in [0.1, 0.15) is 6.10 Å². The summed E-state index contributed by atoms with van der Waals surface area (Å²) in [6.07, 6.45) is 1.11. The molecule has 0 spiro atoms. The van der Waals surface area contributed by atoms with Crippen LogP contribution in [0.25, 0.3) is 10.9 Å². The quantitative estimate of drug-likeness (QED) is 0.770. The molecule has 82 valence electrons. The van der Waals surface area contributed by atoms with Gasteiger partial charge in [-0.3, -0.25) is 0 Å². The van der Waals surface area contributed by atoms with Crippen molar-refractivity contribution in [3.8, 4) is 5.88 Å². The van der Waals surface area contributed by atoms with E-state index >= 15 is 0 Å². The van der Waals surface area contributed by atoms with Crippen molar-refractivity contribution in [1.29, 1.82) is 0 Å². The lowest BCUT2D eigenvalue weighted by atomic mass is 10.2. The van der Waals surface area contributed by atoms with Gasteiger partial charge in [0.2, 0.25) is 5.88 Å². The summed E-state index contributed by atoms with van der Waals surface area (Å²) in [5, 5.41) is 1.14. The molecule has 1 fully saturated rings. The zero-order valence-electron chi connectivity index (χ0n) is 8.93. The molecule has 1 atom stereocenters. The topological polar surface area (TPSA) is 31.4 Å². The van der Waals surface area contributed by atoms with E-state index in [4.69, 9.17) is 9.47 Å². The number of hydrogen-bond acceptors (Lipinski definition) is 3. The summed E-state index contributed by atoms with van der Waals surface area (Å²) in [5.41, 5.74) is 0.971. The Hall–Kier alpha value is -1.61. The summed E-state index contributed by atoms with van der Waals surface area (Å²) in [6.45, 7) is 1.47. The van der Waals surface area contributed by atoms with Crippen molar-refractivity contribution < 1.29 is 9.47 Å². The minimum absolute atomic E-state index is 0.161. The molecule has 0 bridgehead atoms. The molecule has 1 saturated heterocycles. The van der Waals surface area contributed by atoms with Gasteiger partial charge in [-0.2, -0.15) is 0 Å². The number of rotatable bonds is 2. The first-order valence-corrected chi connectivity index (χ1v) is 5.52. The molecule has 0 saturated carbocycles. The van der Waals surface area contributed by atoms with Crippen molar-refractivity contribution >= 4 is 10.9 Å². The third kappa shape index (κ3) is 1.86. The lowest BCUT2D eigenvalue weighted by Crippen LogP contribution is -2.16. The van der Waals surface area contributed by atoms with Gasteiger partial charge >= 0.3 is 0 Å². The number of aromatic nitrogens is 1. The predicted molar refractivity (Wildman–Crippen MR) is 61.6 cm³/mol. The zero-order valence-corrected chi connectivity index (χ0v) is 8.93. The SMILES string of the molecule is c1ccc2nc(OC3CCOC3)ccc2c1. The first-order chi connectivity index (χ1) is 7.92. The standard InChI is InChI=1S/C13H13NO2/c1-2-4-12-10(3-1)5-6-13(14-12)16-11-7-8-15-9-11/h1-6,11H,7-9H2. The molecule has 2 heterocycles. The third-order valence-corrected chi connectivity index (χ3v) is 2.75. The van der Waals surface area contributed by atoms with Gasteiger partial charge in [0, 0.05) is 17.9 Å².